The second kappa shape index (κ2) is 8.38. The van der Waals surface area contributed by atoms with Gasteiger partial charge in [0.1, 0.15) is 11.5 Å². The van der Waals surface area contributed by atoms with Crippen LogP contribution in [-0.2, 0) is 11.0 Å². The van der Waals surface area contributed by atoms with E-state index in [2.05, 4.69) is 10.3 Å². The van der Waals surface area contributed by atoms with Gasteiger partial charge in [-0.25, -0.2) is 4.99 Å². The number of carbonyl (C=O) groups excluding carboxylic acids is 1. The number of benzene rings is 2. The molecule has 1 aliphatic rings. The van der Waals surface area contributed by atoms with Crippen molar-refractivity contribution >= 4 is 46.2 Å². The SMILES string of the molecule is COc1ccc(OC)c(C=C2SC(=Nc3cc(C(F)(F)F)ccc3Cl)NC2=O)c1. The number of alkyl halides is 3. The first kappa shape index (κ1) is 21.1. The molecule has 0 radical (unpaired) electrons. The van der Waals surface area contributed by atoms with E-state index in [-0.39, 0.29) is 15.9 Å². The number of thioether (sulfide) groups is 1. The Morgan fingerprint density at radius 2 is 1.90 bits per heavy atom. The Bertz CT molecular complexity index is 1020. The van der Waals surface area contributed by atoms with Crippen LogP contribution >= 0.6 is 23.4 Å². The van der Waals surface area contributed by atoms with E-state index in [4.69, 9.17) is 21.1 Å². The van der Waals surface area contributed by atoms with Gasteiger partial charge in [-0.15, -0.1) is 0 Å². The molecule has 0 spiro atoms. The summed E-state index contributed by atoms with van der Waals surface area (Å²) in [5, 5.41) is 2.67. The number of nitrogens with one attached hydrogen (secondary N) is 1. The van der Waals surface area contributed by atoms with Crippen molar-refractivity contribution in [1.29, 1.82) is 0 Å². The minimum Gasteiger partial charge on any atom is -0.497 e. The number of aliphatic imine (C=N–C) groups is 1. The van der Waals surface area contributed by atoms with Gasteiger partial charge in [0.15, 0.2) is 5.17 Å². The third-order valence-electron chi connectivity index (χ3n) is 3.87. The lowest BCUT2D eigenvalue weighted by Crippen LogP contribution is -2.19. The van der Waals surface area contributed by atoms with Gasteiger partial charge in [0, 0.05) is 5.56 Å². The van der Waals surface area contributed by atoms with Gasteiger partial charge in [0.05, 0.1) is 35.4 Å². The molecule has 1 heterocycles. The molecule has 10 heteroatoms. The Hall–Kier alpha value is -2.65. The lowest BCUT2D eigenvalue weighted by molar-refractivity contribution is -0.137. The van der Waals surface area contributed by atoms with Crippen molar-refractivity contribution in [3.05, 3.63) is 57.5 Å². The summed E-state index contributed by atoms with van der Waals surface area (Å²) >= 11 is 6.94. The Labute approximate surface area is 173 Å². The summed E-state index contributed by atoms with van der Waals surface area (Å²) in [5.74, 6) is 0.658. The van der Waals surface area contributed by atoms with Crippen molar-refractivity contribution in [2.45, 2.75) is 6.18 Å². The van der Waals surface area contributed by atoms with E-state index in [0.717, 1.165) is 30.0 Å². The van der Waals surface area contributed by atoms with Crippen LogP contribution in [0.2, 0.25) is 5.02 Å². The molecule has 3 rings (SSSR count). The van der Waals surface area contributed by atoms with Crippen molar-refractivity contribution in [3.8, 4) is 11.5 Å². The summed E-state index contributed by atoms with van der Waals surface area (Å²) < 4.78 is 49.2. The molecule has 0 aromatic heterocycles. The highest BCUT2D eigenvalue weighted by Crippen LogP contribution is 2.37. The Balaban J connectivity index is 1.92. The summed E-state index contributed by atoms with van der Waals surface area (Å²) in [5.41, 5.74) is -0.375. The minimum absolute atomic E-state index is 0.0345. The topological polar surface area (TPSA) is 59.9 Å². The van der Waals surface area contributed by atoms with Crippen LogP contribution in [-0.4, -0.2) is 25.3 Å². The van der Waals surface area contributed by atoms with Gasteiger partial charge in [-0.05, 0) is 54.2 Å². The second-order valence-electron chi connectivity index (χ2n) is 5.75. The largest absolute Gasteiger partial charge is 0.497 e. The van der Waals surface area contributed by atoms with Crippen LogP contribution in [0.25, 0.3) is 6.08 Å². The third kappa shape index (κ3) is 4.86. The van der Waals surface area contributed by atoms with Gasteiger partial charge in [-0.1, -0.05) is 11.6 Å². The highest BCUT2D eigenvalue weighted by molar-refractivity contribution is 8.18. The molecule has 5 nitrogen and oxygen atoms in total. The van der Waals surface area contributed by atoms with Crippen LogP contribution in [0, 0.1) is 0 Å². The average molecular weight is 443 g/mol. The van der Waals surface area contributed by atoms with E-state index in [9.17, 15) is 18.0 Å². The van der Waals surface area contributed by atoms with E-state index in [1.165, 1.54) is 14.2 Å². The van der Waals surface area contributed by atoms with Gasteiger partial charge in [0.2, 0.25) is 0 Å². The van der Waals surface area contributed by atoms with Gasteiger partial charge in [-0.3, -0.25) is 4.79 Å². The molecule has 0 saturated carbocycles. The summed E-state index contributed by atoms with van der Waals surface area (Å²) in [6.07, 6.45) is -2.95. The number of ether oxygens (including phenoxy) is 2. The Kier molecular flexibility index (Phi) is 6.09. The molecule has 0 bridgehead atoms. The van der Waals surface area contributed by atoms with Gasteiger partial charge >= 0.3 is 6.18 Å². The zero-order valence-corrected chi connectivity index (χ0v) is 16.7. The van der Waals surface area contributed by atoms with Crippen molar-refractivity contribution in [3.63, 3.8) is 0 Å². The maximum Gasteiger partial charge on any atom is 0.416 e. The summed E-state index contributed by atoms with van der Waals surface area (Å²) in [4.78, 5) is 16.6. The van der Waals surface area contributed by atoms with Gasteiger partial charge in [-0.2, -0.15) is 13.2 Å². The number of amidine groups is 1. The fourth-order valence-corrected chi connectivity index (χ4v) is 3.44. The highest BCUT2D eigenvalue weighted by Gasteiger charge is 2.31. The quantitative estimate of drug-likeness (QED) is 0.655. The standard InChI is InChI=1S/C19H14ClF3N2O3S/c1-27-12-4-6-15(28-2)10(7-12)8-16-17(26)25-18(29-16)24-14-9-11(19(21,22)23)3-5-13(14)20/h3-9H,1-2H3,(H,24,25,26). The van der Waals surface area contributed by atoms with Crippen LogP contribution in [0.3, 0.4) is 0 Å². The molecule has 1 fully saturated rings. The number of carbonyl (C=O) groups is 1. The summed E-state index contributed by atoms with van der Waals surface area (Å²) in [6.45, 7) is 0. The van der Waals surface area contributed by atoms with E-state index in [0.29, 0.717) is 22.0 Å². The maximum atomic E-state index is 12.9. The first-order chi connectivity index (χ1) is 13.7. The molecular weight excluding hydrogens is 429 g/mol. The van der Waals surface area contributed by atoms with Crippen LogP contribution in [0.4, 0.5) is 18.9 Å². The van der Waals surface area contributed by atoms with E-state index < -0.39 is 17.6 Å². The van der Waals surface area contributed by atoms with E-state index in [1.54, 1.807) is 24.3 Å². The molecule has 1 aliphatic heterocycles. The number of amides is 1. The molecule has 0 unspecified atom stereocenters. The average Bonchev–Trinajstić information content (AvgIpc) is 3.01. The fourth-order valence-electron chi connectivity index (χ4n) is 2.46. The van der Waals surface area contributed by atoms with Crippen LogP contribution < -0.4 is 14.8 Å². The van der Waals surface area contributed by atoms with Crippen LogP contribution in [0.1, 0.15) is 11.1 Å². The molecular formula is C19H14ClF3N2O3S. The molecule has 152 valence electrons. The van der Waals surface area contributed by atoms with E-state index >= 15 is 0 Å². The van der Waals surface area contributed by atoms with Crippen molar-refractivity contribution in [2.24, 2.45) is 4.99 Å². The van der Waals surface area contributed by atoms with Crippen molar-refractivity contribution < 1.29 is 27.4 Å². The Morgan fingerprint density at radius 1 is 1.14 bits per heavy atom. The minimum atomic E-state index is -4.53. The molecule has 2 aromatic rings. The first-order valence-electron chi connectivity index (χ1n) is 8.09. The molecule has 1 amide bonds. The number of hydrogen-bond donors (Lipinski definition) is 1. The lowest BCUT2D eigenvalue weighted by atomic mass is 10.1. The van der Waals surface area contributed by atoms with E-state index in [1.807, 2.05) is 0 Å². The smallest absolute Gasteiger partial charge is 0.416 e. The van der Waals surface area contributed by atoms with Crippen molar-refractivity contribution in [1.82, 2.24) is 5.32 Å². The van der Waals surface area contributed by atoms with Gasteiger partial charge < -0.3 is 14.8 Å². The lowest BCUT2D eigenvalue weighted by Gasteiger charge is -2.08. The molecule has 1 N–H and O–H groups in total. The van der Waals surface area contributed by atoms with Crippen molar-refractivity contribution in [2.75, 3.05) is 14.2 Å². The number of rotatable bonds is 4. The maximum absolute atomic E-state index is 12.9. The summed E-state index contributed by atoms with van der Waals surface area (Å²) in [6, 6.07) is 7.91. The Morgan fingerprint density at radius 3 is 2.55 bits per heavy atom. The molecule has 0 atom stereocenters. The molecule has 1 saturated heterocycles. The zero-order chi connectivity index (χ0) is 21.2. The number of nitrogens with zero attached hydrogens (tertiary/aromatic N) is 1. The fraction of sp³-hybridized carbons (Fsp3) is 0.158. The third-order valence-corrected chi connectivity index (χ3v) is 5.10. The molecule has 29 heavy (non-hydrogen) atoms. The van der Waals surface area contributed by atoms with Crippen LogP contribution in [0.5, 0.6) is 11.5 Å². The molecule has 0 aliphatic carbocycles. The zero-order valence-electron chi connectivity index (χ0n) is 15.1. The van der Waals surface area contributed by atoms with Crippen LogP contribution in [0.15, 0.2) is 46.3 Å². The normalized spacial score (nSPS) is 17.0. The monoisotopic (exact) mass is 442 g/mol. The predicted octanol–water partition coefficient (Wildman–Crippen LogP) is 5.27. The molecule has 2 aromatic carbocycles. The highest BCUT2D eigenvalue weighted by atomic mass is 35.5. The number of halogens is 4. The summed E-state index contributed by atoms with van der Waals surface area (Å²) in [7, 11) is 3.01. The van der Waals surface area contributed by atoms with Gasteiger partial charge in [0.25, 0.3) is 5.91 Å². The first-order valence-corrected chi connectivity index (χ1v) is 9.29. The second-order valence-corrected chi connectivity index (χ2v) is 7.19. The number of methoxy groups -OCH3 is 2. The predicted molar refractivity (Wildman–Crippen MR) is 107 cm³/mol. The number of hydrogen-bond acceptors (Lipinski definition) is 5.